The molecule has 0 spiro atoms. The van der Waals surface area contributed by atoms with E-state index in [1.165, 1.54) is 0 Å². The molecule has 1 aromatic heterocycles. The van der Waals surface area contributed by atoms with Gasteiger partial charge in [-0.15, -0.1) is 0 Å². The Balaban J connectivity index is 1.51. The molecule has 0 saturated carbocycles. The highest BCUT2D eigenvalue weighted by molar-refractivity contribution is 9.10. The Hall–Kier alpha value is -3.58. The molecule has 0 unspecified atom stereocenters. The van der Waals surface area contributed by atoms with E-state index in [0.717, 1.165) is 21.0 Å². The summed E-state index contributed by atoms with van der Waals surface area (Å²) in [7, 11) is 0. The van der Waals surface area contributed by atoms with Crippen LogP contribution in [0, 0.1) is 6.92 Å². The van der Waals surface area contributed by atoms with E-state index in [0.29, 0.717) is 47.9 Å². The van der Waals surface area contributed by atoms with E-state index in [4.69, 9.17) is 9.47 Å². The van der Waals surface area contributed by atoms with Crippen molar-refractivity contribution in [3.8, 4) is 11.5 Å². The number of ether oxygens (including phenoxy) is 2. The van der Waals surface area contributed by atoms with E-state index in [2.05, 4.69) is 20.9 Å². The molecule has 1 N–H and O–H groups in total. The maximum atomic E-state index is 13.5. The molecule has 7 heteroatoms. The van der Waals surface area contributed by atoms with Gasteiger partial charge in [0.15, 0.2) is 11.5 Å². The van der Waals surface area contributed by atoms with Crippen molar-refractivity contribution in [2.75, 3.05) is 13.2 Å². The minimum Gasteiger partial charge on any atom is -0.486 e. The van der Waals surface area contributed by atoms with E-state index < -0.39 is 0 Å². The van der Waals surface area contributed by atoms with Crippen molar-refractivity contribution in [3.05, 3.63) is 104 Å². The van der Waals surface area contributed by atoms with Crippen molar-refractivity contribution in [2.24, 2.45) is 0 Å². The summed E-state index contributed by atoms with van der Waals surface area (Å²) >= 11 is 3.42. The molecule has 34 heavy (non-hydrogen) atoms. The highest BCUT2D eigenvalue weighted by atomic mass is 79.9. The van der Waals surface area contributed by atoms with Crippen molar-refractivity contribution >= 4 is 32.7 Å². The summed E-state index contributed by atoms with van der Waals surface area (Å²) in [5.74, 6) is 1.13. The second-order valence-electron chi connectivity index (χ2n) is 8.36. The van der Waals surface area contributed by atoms with Crippen LogP contribution in [0.2, 0.25) is 0 Å². The number of aromatic amines is 1. The molecule has 3 aromatic carbocycles. The van der Waals surface area contributed by atoms with Gasteiger partial charge in [-0.2, -0.15) is 0 Å². The standard InChI is InChI=1S/C27H23BrN2O4/c1-17-2-4-18(5-3-17)15-30(27(32)19-6-8-22(28)9-7-19)16-21-12-20-13-24-25(34-11-10-33-24)14-23(20)29-26(21)31/h2-9,12-14H,10-11,15-16H2,1H3,(H,29,31). The number of pyridine rings is 1. The fourth-order valence-electron chi connectivity index (χ4n) is 4.00. The van der Waals surface area contributed by atoms with Crippen molar-refractivity contribution in [1.29, 1.82) is 0 Å². The first kappa shape index (κ1) is 22.2. The number of amides is 1. The van der Waals surface area contributed by atoms with Gasteiger partial charge in [0, 0.05) is 33.6 Å². The summed E-state index contributed by atoms with van der Waals surface area (Å²) in [6, 6.07) is 20.8. The Morgan fingerprint density at radius 3 is 2.32 bits per heavy atom. The molecule has 4 aromatic rings. The van der Waals surface area contributed by atoms with Crippen LogP contribution in [-0.4, -0.2) is 29.0 Å². The van der Waals surface area contributed by atoms with Gasteiger partial charge in [0.1, 0.15) is 13.2 Å². The van der Waals surface area contributed by atoms with Crippen molar-refractivity contribution in [2.45, 2.75) is 20.0 Å². The number of aromatic nitrogens is 1. The van der Waals surface area contributed by atoms with Gasteiger partial charge in [-0.25, -0.2) is 0 Å². The molecule has 6 nitrogen and oxygen atoms in total. The largest absolute Gasteiger partial charge is 0.486 e. The van der Waals surface area contributed by atoms with E-state index in [1.807, 2.05) is 55.5 Å². The predicted molar refractivity (Wildman–Crippen MR) is 134 cm³/mol. The van der Waals surface area contributed by atoms with Crippen LogP contribution in [0.1, 0.15) is 27.0 Å². The minimum absolute atomic E-state index is 0.144. The Kier molecular flexibility index (Phi) is 6.11. The quantitative estimate of drug-likeness (QED) is 0.393. The lowest BCUT2D eigenvalue weighted by atomic mass is 10.1. The molecule has 0 bridgehead atoms. The summed E-state index contributed by atoms with van der Waals surface area (Å²) in [6.07, 6.45) is 0. The van der Waals surface area contributed by atoms with Gasteiger partial charge >= 0.3 is 0 Å². The summed E-state index contributed by atoms with van der Waals surface area (Å²) in [5.41, 5.74) is 3.64. The number of aryl methyl sites for hydroxylation is 1. The molecule has 0 fully saturated rings. The Labute approximate surface area is 205 Å². The first-order chi connectivity index (χ1) is 16.5. The van der Waals surface area contributed by atoms with Gasteiger partial charge in [0.2, 0.25) is 0 Å². The number of carbonyl (C=O) groups is 1. The summed E-state index contributed by atoms with van der Waals surface area (Å²) in [4.78, 5) is 31.1. The van der Waals surface area contributed by atoms with Gasteiger partial charge in [0.25, 0.3) is 11.5 Å². The van der Waals surface area contributed by atoms with Crippen molar-refractivity contribution < 1.29 is 14.3 Å². The zero-order valence-corrected chi connectivity index (χ0v) is 20.2. The van der Waals surface area contributed by atoms with Crippen LogP contribution in [-0.2, 0) is 13.1 Å². The highest BCUT2D eigenvalue weighted by Crippen LogP contribution is 2.33. The second kappa shape index (κ2) is 9.35. The molecule has 0 radical (unpaired) electrons. The Bertz CT molecular complexity index is 1410. The molecular formula is C27H23BrN2O4. The number of halogens is 1. The third-order valence-corrected chi connectivity index (χ3v) is 6.35. The van der Waals surface area contributed by atoms with Gasteiger partial charge < -0.3 is 19.4 Å². The number of nitrogens with zero attached hydrogens (tertiary/aromatic N) is 1. The first-order valence-electron chi connectivity index (χ1n) is 11.0. The summed E-state index contributed by atoms with van der Waals surface area (Å²) < 4.78 is 12.2. The zero-order valence-electron chi connectivity index (χ0n) is 18.6. The number of hydrogen-bond acceptors (Lipinski definition) is 4. The van der Waals surface area contributed by atoms with E-state index >= 15 is 0 Å². The van der Waals surface area contributed by atoms with E-state index in [9.17, 15) is 9.59 Å². The van der Waals surface area contributed by atoms with Crippen molar-refractivity contribution in [3.63, 3.8) is 0 Å². The third-order valence-electron chi connectivity index (χ3n) is 5.82. The number of rotatable bonds is 5. The van der Waals surface area contributed by atoms with Gasteiger partial charge in [0.05, 0.1) is 12.1 Å². The van der Waals surface area contributed by atoms with E-state index in [-0.39, 0.29) is 18.0 Å². The van der Waals surface area contributed by atoms with Crippen LogP contribution in [0.15, 0.2) is 76.0 Å². The van der Waals surface area contributed by atoms with Gasteiger partial charge in [-0.3, -0.25) is 9.59 Å². The Morgan fingerprint density at radius 2 is 1.62 bits per heavy atom. The lowest BCUT2D eigenvalue weighted by molar-refractivity contribution is 0.0729. The monoisotopic (exact) mass is 518 g/mol. The summed E-state index contributed by atoms with van der Waals surface area (Å²) in [6.45, 7) is 3.54. The molecule has 0 saturated heterocycles. The molecule has 172 valence electrons. The topological polar surface area (TPSA) is 71.6 Å². The van der Waals surface area contributed by atoms with Gasteiger partial charge in [-0.1, -0.05) is 45.8 Å². The second-order valence-corrected chi connectivity index (χ2v) is 9.28. The normalized spacial score (nSPS) is 12.5. The zero-order chi connectivity index (χ0) is 23.7. The first-order valence-corrected chi connectivity index (χ1v) is 11.8. The number of nitrogens with one attached hydrogen (secondary N) is 1. The number of fused-ring (bicyclic) bond motifs is 2. The van der Waals surface area contributed by atoms with Crippen molar-refractivity contribution in [1.82, 2.24) is 9.88 Å². The molecular weight excluding hydrogens is 496 g/mol. The number of benzene rings is 3. The maximum Gasteiger partial charge on any atom is 0.254 e. The van der Waals surface area contributed by atoms with Gasteiger partial charge in [-0.05, 0) is 48.9 Å². The smallest absolute Gasteiger partial charge is 0.254 e. The average Bonchev–Trinajstić information content (AvgIpc) is 2.84. The minimum atomic E-state index is -0.235. The molecule has 1 aliphatic rings. The lowest BCUT2D eigenvalue weighted by Crippen LogP contribution is -2.32. The summed E-state index contributed by atoms with van der Waals surface area (Å²) in [5, 5.41) is 0.824. The maximum absolute atomic E-state index is 13.5. The van der Waals surface area contributed by atoms with E-state index in [1.54, 1.807) is 23.1 Å². The number of H-pyrrole nitrogens is 1. The van der Waals surface area contributed by atoms with Crippen LogP contribution < -0.4 is 15.0 Å². The van der Waals surface area contributed by atoms with Crippen LogP contribution >= 0.6 is 15.9 Å². The molecule has 0 atom stereocenters. The van der Waals surface area contributed by atoms with Crippen LogP contribution in [0.5, 0.6) is 11.5 Å². The lowest BCUT2D eigenvalue weighted by Gasteiger charge is -2.23. The van der Waals surface area contributed by atoms with Crippen LogP contribution in [0.4, 0.5) is 0 Å². The average molecular weight is 519 g/mol. The molecule has 1 amide bonds. The molecule has 0 aliphatic carbocycles. The highest BCUT2D eigenvalue weighted by Gasteiger charge is 2.20. The number of hydrogen-bond donors (Lipinski definition) is 1. The molecule has 5 rings (SSSR count). The third kappa shape index (κ3) is 4.70. The number of carbonyl (C=O) groups excluding carboxylic acids is 1. The SMILES string of the molecule is Cc1ccc(CN(Cc2cc3cc4c(cc3[nH]c2=O)OCCO4)C(=O)c2ccc(Br)cc2)cc1. The fourth-order valence-corrected chi connectivity index (χ4v) is 4.26. The Morgan fingerprint density at radius 1 is 0.941 bits per heavy atom. The predicted octanol–water partition coefficient (Wildman–Crippen LogP) is 5.21. The molecule has 1 aliphatic heterocycles. The van der Waals surface area contributed by atoms with Crippen LogP contribution in [0.25, 0.3) is 10.9 Å². The fraction of sp³-hybridized carbons (Fsp3) is 0.185. The van der Waals surface area contributed by atoms with Crippen LogP contribution in [0.3, 0.4) is 0 Å². The molecule has 2 heterocycles.